The Morgan fingerprint density at radius 3 is 2.79 bits per heavy atom. The second-order valence-electron chi connectivity index (χ2n) is 5.29. The number of fused-ring (bicyclic) bond motifs is 2. The number of hydrogen-bond donors (Lipinski definition) is 1. The van der Waals surface area contributed by atoms with E-state index in [2.05, 4.69) is 66.6 Å². The maximum absolute atomic E-state index is 3.37. The minimum Gasteiger partial charge on any atom is -0.361 e. The molecule has 1 heteroatoms. The van der Waals surface area contributed by atoms with Crippen LogP contribution in [0.2, 0.25) is 0 Å². The first-order valence-corrected chi connectivity index (χ1v) is 6.68. The van der Waals surface area contributed by atoms with Crippen molar-refractivity contribution in [1.82, 2.24) is 4.98 Å². The van der Waals surface area contributed by atoms with Gasteiger partial charge in [0.2, 0.25) is 0 Å². The highest BCUT2D eigenvalue weighted by Crippen LogP contribution is 2.36. The summed E-state index contributed by atoms with van der Waals surface area (Å²) in [4.78, 5) is 3.37. The van der Waals surface area contributed by atoms with Gasteiger partial charge in [0.15, 0.2) is 0 Å². The van der Waals surface area contributed by atoms with Gasteiger partial charge in [-0.3, -0.25) is 0 Å². The summed E-state index contributed by atoms with van der Waals surface area (Å²) in [6.07, 6.45) is 5.51. The number of aromatic amines is 1. The van der Waals surface area contributed by atoms with Gasteiger partial charge in [-0.05, 0) is 36.1 Å². The smallest absolute Gasteiger partial charge is 0.0460 e. The van der Waals surface area contributed by atoms with Crippen molar-refractivity contribution in [2.75, 3.05) is 0 Å². The zero-order chi connectivity index (χ0) is 12.8. The van der Waals surface area contributed by atoms with Crippen molar-refractivity contribution in [2.45, 2.75) is 13.3 Å². The standard InChI is InChI=1S/C18H15N/c1-12-9-13-5-4-7-14(16(13)10-12)17-11-19-18-8-3-2-6-15(17)18/h2-9,11,19H,10H2,1H3. The molecule has 0 unspecified atom stereocenters. The molecular weight excluding hydrogens is 230 g/mol. The van der Waals surface area contributed by atoms with Crippen molar-refractivity contribution in [3.63, 3.8) is 0 Å². The minimum atomic E-state index is 1.07. The summed E-state index contributed by atoms with van der Waals surface area (Å²) < 4.78 is 0. The zero-order valence-corrected chi connectivity index (χ0v) is 10.9. The van der Waals surface area contributed by atoms with Gasteiger partial charge < -0.3 is 4.98 Å². The van der Waals surface area contributed by atoms with Crippen LogP contribution in [-0.2, 0) is 6.42 Å². The van der Waals surface area contributed by atoms with E-state index in [1.807, 2.05) is 0 Å². The number of hydrogen-bond acceptors (Lipinski definition) is 0. The van der Waals surface area contributed by atoms with Crippen LogP contribution in [0.3, 0.4) is 0 Å². The molecule has 3 aromatic rings. The molecule has 1 aromatic heterocycles. The van der Waals surface area contributed by atoms with Crippen LogP contribution in [0.4, 0.5) is 0 Å². The van der Waals surface area contributed by atoms with E-state index in [0.717, 1.165) is 6.42 Å². The third kappa shape index (κ3) is 1.55. The molecule has 0 saturated carbocycles. The third-order valence-electron chi connectivity index (χ3n) is 3.95. The molecule has 92 valence electrons. The molecule has 2 aromatic carbocycles. The van der Waals surface area contributed by atoms with Crippen molar-refractivity contribution in [3.8, 4) is 11.1 Å². The summed E-state index contributed by atoms with van der Waals surface area (Å²) in [5, 5.41) is 1.31. The quantitative estimate of drug-likeness (QED) is 0.634. The number of nitrogens with one attached hydrogen (secondary N) is 1. The van der Waals surface area contributed by atoms with E-state index in [9.17, 15) is 0 Å². The predicted molar refractivity (Wildman–Crippen MR) is 81.1 cm³/mol. The van der Waals surface area contributed by atoms with E-state index in [0.29, 0.717) is 0 Å². The summed E-state index contributed by atoms with van der Waals surface area (Å²) in [5.41, 5.74) is 8.17. The predicted octanol–water partition coefficient (Wildman–Crippen LogP) is 4.79. The van der Waals surface area contributed by atoms with Gasteiger partial charge in [-0.15, -0.1) is 0 Å². The normalized spacial score (nSPS) is 13.6. The van der Waals surface area contributed by atoms with Gasteiger partial charge in [0, 0.05) is 22.7 Å². The van der Waals surface area contributed by atoms with Gasteiger partial charge in [-0.25, -0.2) is 0 Å². The number of aromatic nitrogens is 1. The molecule has 4 rings (SSSR count). The molecular formula is C18H15N. The second-order valence-corrected chi connectivity index (χ2v) is 5.29. The number of allylic oxidation sites excluding steroid dienone is 1. The molecule has 1 nitrogen and oxygen atoms in total. The van der Waals surface area contributed by atoms with Gasteiger partial charge in [0.05, 0.1) is 0 Å². The Morgan fingerprint density at radius 2 is 1.84 bits per heavy atom. The lowest BCUT2D eigenvalue weighted by Crippen LogP contribution is -1.88. The van der Waals surface area contributed by atoms with E-state index >= 15 is 0 Å². The molecule has 0 bridgehead atoms. The molecule has 0 aliphatic heterocycles. The SMILES string of the molecule is CC1=Cc2cccc(-c3c[nH]c4ccccc34)c2C1. The Labute approximate surface area is 112 Å². The van der Waals surface area contributed by atoms with Crippen LogP contribution >= 0.6 is 0 Å². The monoisotopic (exact) mass is 245 g/mol. The number of benzene rings is 2. The Kier molecular flexibility index (Phi) is 2.16. The van der Waals surface area contributed by atoms with Crippen LogP contribution < -0.4 is 0 Å². The molecule has 1 heterocycles. The van der Waals surface area contributed by atoms with Crippen LogP contribution in [-0.4, -0.2) is 4.98 Å². The molecule has 0 amide bonds. The lowest BCUT2D eigenvalue weighted by molar-refractivity contribution is 1.20. The van der Waals surface area contributed by atoms with Gasteiger partial charge in [-0.1, -0.05) is 48.0 Å². The fourth-order valence-electron chi connectivity index (χ4n) is 3.08. The first-order valence-electron chi connectivity index (χ1n) is 6.68. The summed E-state index contributed by atoms with van der Waals surface area (Å²) in [7, 11) is 0. The average Bonchev–Trinajstić information content (AvgIpc) is 3.00. The molecule has 1 N–H and O–H groups in total. The van der Waals surface area contributed by atoms with Gasteiger partial charge in [0.25, 0.3) is 0 Å². The van der Waals surface area contributed by atoms with E-state index in [1.54, 1.807) is 0 Å². The fourth-order valence-corrected chi connectivity index (χ4v) is 3.08. The molecule has 0 saturated heterocycles. The molecule has 0 spiro atoms. The maximum Gasteiger partial charge on any atom is 0.0460 e. The van der Waals surface area contributed by atoms with Crippen molar-refractivity contribution < 1.29 is 0 Å². The van der Waals surface area contributed by atoms with E-state index < -0.39 is 0 Å². The van der Waals surface area contributed by atoms with Gasteiger partial charge in [-0.2, -0.15) is 0 Å². The van der Waals surface area contributed by atoms with Crippen molar-refractivity contribution in [3.05, 3.63) is 65.4 Å². The Balaban J connectivity index is 1.98. The topological polar surface area (TPSA) is 15.8 Å². The van der Waals surface area contributed by atoms with Gasteiger partial charge in [0.1, 0.15) is 0 Å². The largest absolute Gasteiger partial charge is 0.361 e. The lowest BCUT2D eigenvalue weighted by atomic mass is 9.96. The summed E-state index contributed by atoms with van der Waals surface area (Å²) in [6, 6.07) is 15.1. The van der Waals surface area contributed by atoms with Crippen LogP contribution in [0.5, 0.6) is 0 Å². The van der Waals surface area contributed by atoms with Crippen LogP contribution in [0.25, 0.3) is 28.1 Å². The Bertz CT molecular complexity index is 805. The average molecular weight is 245 g/mol. The number of H-pyrrole nitrogens is 1. The molecule has 1 aliphatic carbocycles. The Morgan fingerprint density at radius 1 is 0.947 bits per heavy atom. The first kappa shape index (κ1) is 10.6. The second kappa shape index (κ2) is 3.86. The lowest BCUT2D eigenvalue weighted by Gasteiger charge is -2.07. The number of para-hydroxylation sites is 1. The fraction of sp³-hybridized carbons (Fsp3) is 0.111. The maximum atomic E-state index is 3.37. The molecule has 19 heavy (non-hydrogen) atoms. The number of rotatable bonds is 1. The van der Waals surface area contributed by atoms with Crippen molar-refractivity contribution in [1.29, 1.82) is 0 Å². The Hall–Kier alpha value is -2.28. The highest BCUT2D eigenvalue weighted by atomic mass is 14.7. The van der Waals surface area contributed by atoms with Crippen LogP contribution in [0.15, 0.2) is 54.2 Å². The van der Waals surface area contributed by atoms with E-state index in [-0.39, 0.29) is 0 Å². The third-order valence-corrected chi connectivity index (χ3v) is 3.95. The minimum absolute atomic E-state index is 1.07. The molecule has 0 fully saturated rings. The van der Waals surface area contributed by atoms with Crippen molar-refractivity contribution >= 4 is 17.0 Å². The molecule has 0 atom stereocenters. The zero-order valence-electron chi connectivity index (χ0n) is 10.9. The van der Waals surface area contributed by atoms with E-state index in [1.165, 1.54) is 38.7 Å². The van der Waals surface area contributed by atoms with Crippen LogP contribution in [0.1, 0.15) is 18.1 Å². The summed E-state index contributed by atoms with van der Waals surface area (Å²) in [6.45, 7) is 2.21. The molecule has 1 aliphatic rings. The highest BCUT2D eigenvalue weighted by Gasteiger charge is 2.16. The van der Waals surface area contributed by atoms with E-state index in [4.69, 9.17) is 0 Å². The van der Waals surface area contributed by atoms with Gasteiger partial charge >= 0.3 is 0 Å². The van der Waals surface area contributed by atoms with Crippen molar-refractivity contribution in [2.24, 2.45) is 0 Å². The first-order chi connectivity index (χ1) is 9.33. The summed E-state index contributed by atoms with van der Waals surface area (Å²) >= 11 is 0. The summed E-state index contributed by atoms with van der Waals surface area (Å²) in [5.74, 6) is 0. The highest BCUT2D eigenvalue weighted by molar-refractivity contribution is 5.97. The van der Waals surface area contributed by atoms with Crippen LogP contribution in [0, 0.1) is 0 Å². The molecule has 0 radical (unpaired) electrons.